The van der Waals surface area contributed by atoms with Crippen LogP contribution in [0.25, 0.3) is 6.08 Å². The third-order valence-corrected chi connectivity index (χ3v) is 5.47. The van der Waals surface area contributed by atoms with Crippen LogP contribution in [0.1, 0.15) is 5.56 Å². The molecule has 2 heterocycles. The molecule has 0 radical (unpaired) electrons. The number of nitrogens with zero attached hydrogens (tertiary/aromatic N) is 3. The molecular formula is C23H21N3OS. The Kier molecular flexibility index (Phi) is 5.85. The van der Waals surface area contributed by atoms with E-state index in [0.717, 1.165) is 29.5 Å². The molecule has 1 amide bonds. The number of allylic oxidation sites excluding steroid dienone is 2. The lowest BCUT2D eigenvalue weighted by molar-refractivity contribution is -0.123. The lowest BCUT2D eigenvalue weighted by atomic mass is 10.2. The van der Waals surface area contributed by atoms with Crippen LogP contribution in [0.15, 0.2) is 94.9 Å². The highest BCUT2D eigenvalue weighted by Crippen LogP contribution is 2.33. The number of rotatable bonds is 5. The number of hydrogen-bond acceptors (Lipinski definition) is 4. The fourth-order valence-corrected chi connectivity index (χ4v) is 3.93. The van der Waals surface area contributed by atoms with E-state index in [0.29, 0.717) is 11.6 Å². The molecule has 1 fully saturated rings. The van der Waals surface area contributed by atoms with Crippen LogP contribution in [0.2, 0.25) is 0 Å². The van der Waals surface area contributed by atoms with Gasteiger partial charge < -0.3 is 0 Å². The highest BCUT2D eigenvalue weighted by atomic mass is 32.2. The van der Waals surface area contributed by atoms with Crippen LogP contribution in [-0.4, -0.2) is 40.6 Å². The molecule has 0 bridgehead atoms. The standard InChI is InChI=1S/C23H21N3OS/c27-22-21(15-9-12-19-10-3-1-4-11-19)28-23(24-20-13-5-2-6-14-20)26(22)18-25-16-7-8-17-25/h1-15H,16-18H2/b12-9+,21-15+,24-23?. The maximum absolute atomic E-state index is 13.0. The van der Waals surface area contributed by atoms with Crippen molar-refractivity contribution in [2.24, 2.45) is 4.99 Å². The number of amidine groups is 1. The number of aliphatic imine (C=N–C) groups is 1. The molecule has 0 saturated carbocycles. The van der Waals surface area contributed by atoms with Gasteiger partial charge in [-0.3, -0.25) is 14.6 Å². The molecule has 0 atom stereocenters. The first kappa shape index (κ1) is 18.5. The van der Waals surface area contributed by atoms with Crippen LogP contribution in [0, 0.1) is 0 Å². The molecule has 28 heavy (non-hydrogen) atoms. The average molecular weight is 388 g/mol. The summed E-state index contributed by atoms with van der Waals surface area (Å²) in [5, 5.41) is 0.725. The fourth-order valence-electron chi connectivity index (χ4n) is 2.99. The van der Waals surface area contributed by atoms with Gasteiger partial charge in [0.05, 0.1) is 17.3 Å². The van der Waals surface area contributed by atoms with Crippen molar-refractivity contribution in [3.8, 4) is 0 Å². The molecule has 5 heteroatoms. The highest BCUT2D eigenvalue weighted by molar-refractivity contribution is 8.18. The summed E-state index contributed by atoms with van der Waals surface area (Å²) in [4.78, 5) is 22.4. The maximum Gasteiger partial charge on any atom is 0.267 e. The van der Waals surface area contributed by atoms with Crippen LogP contribution in [-0.2, 0) is 4.79 Å². The van der Waals surface area contributed by atoms with E-state index in [1.807, 2.05) is 78.9 Å². The topological polar surface area (TPSA) is 35.9 Å². The molecule has 1 saturated heterocycles. The maximum atomic E-state index is 13.0. The number of carbonyl (C=O) groups is 1. The Labute approximate surface area is 169 Å². The summed E-state index contributed by atoms with van der Waals surface area (Å²) in [7, 11) is 0. The van der Waals surface area contributed by atoms with Gasteiger partial charge in [0, 0.05) is 13.1 Å². The third-order valence-electron chi connectivity index (χ3n) is 4.44. The van der Waals surface area contributed by atoms with E-state index in [9.17, 15) is 4.79 Å². The second-order valence-corrected chi connectivity index (χ2v) is 7.52. The Morgan fingerprint density at radius 2 is 1.64 bits per heavy atom. The lowest BCUT2D eigenvalue weighted by Gasteiger charge is -2.22. The second kappa shape index (κ2) is 8.87. The minimum absolute atomic E-state index is 0.00397. The molecule has 0 N–H and O–H groups in total. The van der Waals surface area contributed by atoms with Gasteiger partial charge in [0.1, 0.15) is 0 Å². The quantitative estimate of drug-likeness (QED) is 0.552. The lowest BCUT2D eigenvalue weighted by Crippen LogP contribution is -2.39. The molecule has 0 spiro atoms. The summed E-state index contributed by atoms with van der Waals surface area (Å²) < 4.78 is 0. The number of benzene rings is 2. The molecule has 140 valence electrons. The molecule has 4 nitrogen and oxygen atoms in total. The first-order chi connectivity index (χ1) is 13.8. The van der Waals surface area contributed by atoms with Gasteiger partial charge in [0.25, 0.3) is 5.91 Å². The van der Waals surface area contributed by atoms with E-state index in [2.05, 4.69) is 17.1 Å². The SMILES string of the molecule is O=C1/C(=C\C=C\c2ccccc2)SC(=Nc2ccccc2)N1CN1CC=CC1. The monoisotopic (exact) mass is 387 g/mol. The van der Waals surface area contributed by atoms with Crippen LogP contribution in [0.4, 0.5) is 5.69 Å². The van der Waals surface area contributed by atoms with Gasteiger partial charge >= 0.3 is 0 Å². The van der Waals surface area contributed by atoms with Gasteiger partial charge in [-0.05, 0) is 35.5 Å². The van der Waals surface area contributed by atoms with Crippen LogP contribution in [0.3, 0.4) is 0 Å². The van der Waals surface area contributed by atoms with Crippen molar-refractivity contribution in [1.29, 1.82) is 0 Å². The Balaban J connectivity index is 1.57. The summed E-state index contributed by atoms with van der Waals surface area (Å²) in [5.41, 5.74) is 1.95. The highest BCUT2D eigenvalue weighted by Gasteiger charge is 2.34. The van der Waals surface area contributed by atoms with Crippen molar-refractivity contribution in [2.75, 3.05) is 19.8 Å². The molecule has 0 unspecified atom stereocenters. The molecule has 2 aromatic carbocycles. The smallest absolute Gasteiger partial charge is 0.267 e. The van der Waals surface area contributed by atoms with E-state index in [4.69, 9.17) is 4.99 Å². The van der Waals surface area contributed by atoms with E-state index in [-0.39, 0.29) is 5.91 Å². The molecular weight excluding hydrogens is 366 g/mol. The summed E-state index contributed by atoms with van der Waals surface area (Å²) >= 11 is 1.43. The van der Waals surface area contributed by atoms with Gasteiger partial charge in [-0.25, -0.2) is 4.99 Å². The van der Waals surface area contributed by atoms with Crippen molar-refractivity contribution >= 4 is 34.6 Å². The third kappa shape index (κ3) is 4.50. The van der Waals surface area contributed by atoms with Gasteiger partial charge in [0.2, 0.25) is 0 Å². The predicted molar refractivity (Wildman–Crippen MR) is 117 cm³/mol. The zero-order chi connectivity index (χ0) is 19.2. The fraction of sp³-hybridized carbons (Fsp3) is 0.130. The van der Waals surface area contributed by atoms with E-state index in [1.54, 1.807) is 4.90 Å². The predicted octanol–water partition coefficient (Wildman–Crippen LogP) is 4.68. The van der Waals surface area contributed by atoms with Crippen LogP contribution >= 0.6 is 11.8 Å². The first-order valence-electron chi connectivity index (χ1n) is 9.24. The van der Waals surface area contributed by atoms with Gasteiger partial charge in [-0.15, -0.1) is 0 Å². The average Bonchev–Trinajstić information content (AvgIpc) is 3.34. The number of carbonyl (C=O) groups excluding carboxylic acids is 1. The zero-order valence-corrected chi connectivity index (χ0v) is 16.3. The van der Waals surface area contributed by atoms with E-state index >= 15 is 0 Å². The molecule has 4 rings (SSSR count). The second-order valence-electron chi connectivity index (χ2n) is 6.51. The minimum atomic E-state index is 0.00397. The largest absolute Gasteiger partial charge is 0.278 e. The Bertz CT molecular complexity index is 940. The number of hydrogen-bond donors (Lipinski definition) is 0. The van der Waals surface area contributed by atoms with Crippen molar-refractivity contribution in [3.63, 3.8) is 0 Å². The van der Waals surface area contributed by atoms with E-state index < -0.39 is 0 Å². The molecule has 0 aromatic heterocycles. The van der Waals surface area contributed by atoms with Crippen molar-refractivity contribution in [1.82, 2.24) is 9.80 Å². The molecule has 2 aromatic rings. The van der Waals surface area contributed by atoms with Crippen LogP contribution in [0.5, 0.6) is 0 Å². The number of amides is 1. The Hall–Kier alpha value is -2.89. The van der Waals surface area contributed by atoms with Crippen molar-refractivity contribution in [3.05, 3.63) is 95.4 Å². The summed E-state index contributed by atoms with van der Waals surface area (Å²) in [6.07, 6.45) is 10.1. The zero-order valence-electron chi connectivity index (χ0n) is 15.4. The summed E-state index contributed by atoms with van der Waals surface area (Å²) in [6, 6.07) is 19.8. The first-order valence-corrected chi connectivity index (χ1v) is 10.1. The molecule has 2 aliphatic heterocycles. The summed E-state index contributed by atoms with van der Waals surface area (Å²) in [5.74, 6) is 0.00397. The van der Waals surface area contributed by atoms with Gasteiger partial charge in [0.15, 0.2) is 5.17 Å². The molecule has 2 aliphatic rings. The Morgan fingerprint density at radius 1 is 0.964 bits per heavy atom. The van der Waals surface area contributed by atoms with Crippen molar-refractivity contribution < 1.29 is 4.79 Å². The minimum Gasteiger partial charge on any atom is -0.278 e. The van der Waals surface area contributed by atoms with Crippen molar-refractivity contribution in [2.45, 2.75) is 0 Å². The number of thioether (sulfide) groups is 1. The van der Waals surface area contributed by atoms with Gasteiger partial charge in [-0.2, -0.15) is 0 Å². The molecule has 0 aliphatic carbocycles. The Morgan fingerprint density at radius 3 is 2.36 bits per heavy atom. The number of para-hydroxylation sites is 1. The van der Waals surface area contributed by atoms with E-state index in [1.165, 1.54) is 11.8 Å². The summed E-state index contributed by atoms with van der Waals surface area (Å²) in [6.45, 7) is 2.27. The normalized spacial score (nSPS) is 20.3. The van der Waals surface area contributed by atoms with Gasteiger partial charge in [-0.1, -0.05) is 72.8 Å². The van der Waals surface area contributed by atoms with Crippen LogP contribution < -0.4 is 0 Å².